The fourth-order valence-electron chi connectivity index (χ4n) is 2.05. The predicted octanol–water partition coefficient (Wildman–Crippen LogP) is 3.80. The summed E-state index contributed by atoms with van der Waals surface area (Å²) in [6.45, 7) is 10.2. The summed E-state index contributed by atoms with van der Waals surface area (Å²) in [5.41, 5.74) is 9.66. The Morgan fingerprint density at radius 3 is 2.05 bits per heavy atom. The minimum Gasteiger partial charge on any atom is -0.383 e. The maximum atomic E-state index is 6.02. The van der Waals surface area contributed by atoms with Gasteiger partial charge in [-0.1, -0.05) is 20.8 Å². The van der Waals surface area contributed by atoms with Crippen molar-refractivity contribution in [3.63, 3.8) is 0 Å². The third-order valence-electron chi connectivity index (χ3n) is 2.93. The zero-order valence-corrected chi connectivity index (χ0v) is 14.0. The molecule has 2 aromatic heterocycles. The molecular weight excluding hydrogens is 316 g/mol. The van der Waals surface area contributed by atoms with Crippen LogP contribution in [0.3, 0.4) is 0 Å². The van der Waals surface area contributed by atoms with E-state index in [9.17, 15) is 0 Å². The largest absolute Gasteiger partial charge is 0.383 e. The van der Waals surface area contributed by atoms with Gasteiger partial charge in [-0.25, -0.2) is 9.97 Å². The van der Waals surface area contributed by atoms with E-state index < -0.39 is 0 Å². The topological polar surface area (TPSA) is 64.7 Å². The molecule has 106 valence electrons. The van der Waals surface area contributed by atoms with E-state index in [2.05, 4.69) is 46.7 Å². The molecule has 2 heterocycles. The number of nitrogens with two attached hydrogens (primary N) is 1. The number of pyridine rings is 1. The first kappa shape index (κ1) is 14.9. The van der Waals surface area contributed by atoms with Crippen LogP contribution in [0.15, 0.2) is 16.6 Å². The first-order valence-electron chi connectivity index (χ1n) is 6.47. The van der Waals surface area contributed by atoms with Crippen molar-refractivity contribution in [3.8, 4) is 11.4 Å². The van der Waals surface area contributed by atoms with Crippen molar-refractivity contribution in [2.24, 2.45) is 0 Å². The van der Waals surface area contributed by atoms with Crippen molar-refractivity contribution in [3.05, 3.63) is 33.7 Å². The number of hydrogen-bond acceptors (Lipinski definition) is 4. The Morgan fingerprint density at radius 2 is 1.55 bits per heavy atom. The summed E-state index contributed by atoms with van der Waals surface area (Å²) in [5, 5.41) is 0. The van der Waals surface area contributed by atoms with Gasteiger partial charge in [-0.2, -0.15) is 0 Å². The van der Waals surface area contributed by atoms with Gasteiger partial charge in [-0.3, -0.25) is 4.98 Å². The van der Waals surface area contributed by atoms with Crippen molar-refractivity contribution in [2.45, 2.75) is 40.0 Å². The van der Waals surface area contributed by atoms with Crippen LogP contribution in [0, 0.1) is 13.8 Å². The number of hydrogen-bond donors (Lipinski definition) is 1. The maximum Gasteiger partial charge on any atom is 0.161 e. The standard InChI is InChI=1S/C15H19BrN4/c1-8-6-10(7-9(2)18-8)14-19-12(15(3,4)5)11(16)13(17)20-14/h6-7H,1-5H3,(H2,17,19,20). The van der Waals surface area contributed by atoms with Gasteiger partial charge in [0.05, 0.1) is 10.2 Å². The second-order valence-electron chi connectivity index (χ2n) is 5.98. The summed E-state index contributed by atoms with van der Waals surface area (Å²) in [7, 11) is 0. The Hall–Kier alpha value is -1.49. The highest BCUT2D eigenvalue weighted by molar-refractivity contribution is 9.10. The molecule has 0 atom stereocenters. The minimum atomic E-state index is -0.109. The van der Waals surface area contributed by atoms with Crippen molar-refractivity contribution < 1.29 is 0 Å². The van der Waals surface area contributed by atoms with E-state index in [1.165, 1.54) is 0 Å². The smallest absolute Gasteiger partial charge is 0.161 e. The fraction of sp³-hybridized carbons (Fsp3) is 0.400. The van der Waals surface area contributed by atoms with Crippen molar-refractivity contribution in [1.82, 2.24) is 15.0 Å². The molecule has 2 rings (SSSR count). The van der Waals surface area contributed by atoms with Crippen LogP contribution in [0.1, 0.15) is 37.9 Å². The molecule has 5 heteroatoms. The lowest BCUT2D eigenvalue weighted by molar-refractivity contribution is 0.565. The van der Waals surface area contributed by atoms with E-state index >= 15 is 0 Å². The van der Waals surface area contributed by atoms with Gasteiger partial charge in [-0.15, -0.1) is 0 Å². The number of anilines is 1. The Bertz CT molecular complexity index is 639. The van der Waals surface area contributed by atoms with Crippen LogP contribution in [0.4, 0.5) is 5.82 Å². The first-order valence-corrected chi connectivity index (χ1v) is 7.27. The molecule has 20 heavy (non-hydrogen) atoms. The van der Waals surface area contributed by atoms with E-state index in [1.807, 2.05) is 26.0 Å². The quantitative estimate of drug-likeness (QED) is 0.861. The van der Waals surface area contributed by atoms with Gasteiger partial charge in [-0.05, 0) is 41.9 Å². The molecule has 2 N–H and O–H groups in total. The summed E-state index contributed by atoms with van der Waals surface area (Å²) >= 11 is 3.49. The van der Waals surface area contributed by atoms with E-state index in [1.54, 1.807) is 0 Å². The summed E-state index contributed by atoms with van der Waals surface area (Å²) in [6.07, 6.45) is 0. The summed E-state index contributed by atoms with van der Waals surface area (Å²) < 4.78 is 0.774. The molecule has 0 fully saturated rings. The van der Waals surface area contributed by atoms with Gasteiger partial charge >= 0.3 is 0 Å². The molecule has 0 aliphatic rings. The lowest BCUT2D eigenvalue weighted by Crippen LogP contribution is -2.17. The van der Waals surface area contributed by atoms with E-state index in [-0.39, 0.29) is 5.41 Å². The van der Waals surface area contributed by atoms with E-state index in [0.717, 1.165) is 27.1 Å². The Balaban J connectivity index is 2.67. The number of aryl methyl sites for hydroxylation is 2. The zero-order chi connectivity index (χ0) is 15.1. The lowest BCUT2D eigenvalue weighted by atomic mass is 9.91. The molecule has 2 aromatic rings. The molecular formula is C15H19BrN4. The van der Waals surface area contributed by atoms with Gasteiger partial charge < -0.3 is 5.73 Å². The SMILES string of the molecule is Cc1cc(-c2nc(N)c(Br)c(C(C)(C)C)n2)cc(C)n1. The van der Waals surface area contributed by atoms with Gasteiger partial charge in [0, 0.05) is 22.4 Å². The molecule has 0 saturated heterocycles. The monoisotopic (exact) mass is 334 g/mol. The second kappa shape index (κ2) is 5.13. The number of nitrogen functional groups attached to an aromatic ring is 1. The van der Waals surface area contributed by atoms with E-state index in [4.69, 9.17) is 10.7 Å². The van der Waals surface area contributed by atoms with Crippen LogP contribution in [-0.2, 0) is 5.41 Å². The average molecular weight is 335 g/mol. The van der Waals surface area contributed by atoms with Crippen molar-refractivity contribution in [2.75, 3.05) is 5.73 Å². The number of aromatic nitrogens is 3. The van der Waals surface area contributed by atoms with E-state index in [0.29, 0.717) is 11.6 Å². The molecule has 0 aliphatic carbocycles. The average Bonchev–Trinajstić information content (AvgIpc) is 2.29. The van der Waals surface area contributed by atoms with Crippen LogP contribution < -0.4 is 5.73 Å². The molecule has 0 aliphatic heterocycles. The van der Waals surface area contributed by atoms with Crippen LogP contribution in [0.5, 0.6) is 0 Å². The molecule has 0 bridgehead atoms. The highest BCUT2D eigenvalue weighted by atomic mass is 79.9. The lowest BCUT2D eigenvalue weighted by Gasteiger charge is -2.21. The zero-order valence-electron chi connectivity index (χ0n) is 12.5. The number of rotatable bonds is 1. The molecule has 0 spiro atoms. The molecule has 0 aromatic carbocycles. The molecule has 4 nitrogen and oxygen atoms in total. The second-order valence-corrected chi connectivity index (χ2v) is 6.78. The highest BCUT2D eigenvalue weighted by Gasteiger charge is 2.22. The molecule has 0 radical (unpaired) electrons. The Labute approximate surface area is 128 Å². The maximum absolute atomic E-state index is 6.02. The molecule has 0 unspecified atom stereocenters. The third-order valence-corrected chi connectivity index (χ3v) is 3.71. The van der Waals surface area contributed by atoms with Crippen molar-refractivity contribution in [1.29, 1.82) is 0 Å². The fourth-order valence-corrected chi connectivity index (χ4v) is 2.83. The number of halogens is 1. The van der Waals surface area contributed by atoms with Crippen LogP contribution >= 0.6 is 15.9 Å². The third kappa shape index (κ3) is 2.98. The van der Waals surface area contributed by atoms with Crippen LogP contribution in [0.2, 0.25) is 0 Å². The Morgan fingerprint density at radius 1 is 1.00 bits per heavy atom. The summed E-state index contributed by atoms with van der Waals surface area (Å²) in [5.74, 6) is 1.11. The summed E-state index contributed by atoms with van der Waals surface area (Å²) in [6, 6.07) is 3.95. The summed E-state index contributed by atoms with van der Waals surface area (Å²) in [4.78, 5) is 13.5. The Kier molecular flexibility index (Phi) is 3.82. The first-order chi connectivity index (χ1) is 9.18. The number of nitrogens with zero attached hydrogens (tertiary/aromatic N) is 3. The van der Waals surface area contributed by atoms with Crippen LogP contribution in [-0.4, -0.2) is 15.0 Å². The van der Waals surface area contributed by atoms with Crippen LogP contribution in [0.25, 0.3) is 11.4 Å². The van der Waals surface area contributed by atoms with Gasteiger partial charge in [0.2, 0.25) is 0 Å². The highest BCUT2D eigenvalue weighted by Crippen LogP contribution is 2.33. The molecule has 0 amide bonds. The predicted molar refractivity (Wildman–Crippen MR) is 85.5 cm³/mol. The van der Waals surface area contributed by atoms with Gasteiger partial charge in [0.25, 0.3) is 0 Å². The minimum absolute atomic E-state index is 0.109. The van der Waals surface area contributed by atoms with Gasteiger partial charge in [0.15, 0.2) is 5.82 Å². The van der Waals surface area contributed by atoms with Gasteiger partial charge in [0.1, 0.15) is 5.82 Å². The van der Waals surface area contributed by atoms with Crippen molar-refractivity contribution >= 4 is 21.7 Å². The normalized spacial score (nSPS) is 11.7. The molecule has 0 saturated carbocycles.